The fourth-order valence-corrected chi connectivity index (χ4v) is 1.80. The van der Waals surface area contributed by atoms with E-state index in [1.165, 1.54) is 36.4 Å². The zero-order chi connectivity index (χ0) is 14.0. The molecule has 0 bridgehead atoms. The van der Waals surface area contributed by atoms with E-state index >= 15 is 0 Å². The van der Waals surface area contributed by atoms with E-state index < -0.39 is 11.7 Å². The summed E-state index contributed by atoms with van der Waals surface area (Å²) in [6, 6.07) is 8.59. The number of carbonyl (C=O) groups excluding carboxylic acids is 1. The molecule has 0 aliphatic heterocycles. The van der Waals surface area contributed by atoms with Crippen molar-refractivity contribution >= 4 is 34.6 Å². The van der Waals surface area contributed by atoms with Crippen LogP contribution in [-0.4, -0.2) is 5.91 Å². The van der Waals surface area contributed by atoms with Gasteiger partial charge in [0.05, 0.1) is 16.3 Å². The molecule has 0 spiro atoms. The average Bonchev–Trinajstić information content (AvgIpc) is 2.33. The number of nitrogen functional groups attached to an aromatic ring is 2. The van der Waals surface area contributed by atoms with Crippen molar-refractivity contribution in [3.63, 3.8) is 0 Å². The number of hydrogen-bond acceptors (Lipinski definition) is 3. The standard InChI is InChI=1S/C13H11ClFN3O/c14-9-2-1-3-10(15)12(9)18-13(19)8-5-4-7(16)6-11(8)17/h1-6H,16-17H2,(H,18,19). The van der Waals surface area contributed by atoms with Crippen LogP contribution in [0.4, 0.5) is 21.5 Å². The molecular weight excluding hydrogens is 269 g/mol. The number of amides is 1. The minimum atomic E-state index is -0.616. The third-order valence-corrected chi connectivity index (χ3v) is 2.84. The number of rotatable bonds is 2. The molecule has 1 amide bonds. The van der Waals surface area contributed by atoms with Crippen LogP contribution >= 0.6 is 11.6 Å². The molecule has 4 nitrogen and oxygen atoms in total. The van der Waals surface area contributed by atoms with Gasteiger partial charge >= 0.3 is 0 Å². The first-order valence-corrected chi connectivity index (χ1v) is 5.77. The van der Waals surface area contributed by atoms with Crippen molar-refractivity contribution in [1.82, 2.24) is 0 Å². The Morgan fingerprint density at radius 3 is 2.58 bits per heavy atom. The highest BCUT2D eigenvalue weighted by atomic mass is 35.5. The molecule has 98 valence electrons. The normalized spacial score (nSPS) is 10.2. The molecule has 0 aliphatic carbocycles. The first-order chi connectivity index (χ1) is 8.99. The first kappa shape index (κ1) is 13.2. The van der Waals surface area contributed by atoms with Gasteiger partial charge in [0.1, 0.15) is 5.82 Å². The van der Waals surface area contributed by atoms with Gasteiger partial charge in [-0.3, -0.25) is 4.79 Å². The summed E-state index contributed by atoms with van der Waals surface area (Å²) in [5.74, 6) is -1.17. The molecule has 2 aromatic rings. The van der Waals surface area contributed by atoms with Gasteiger partial charge in [-0.2, -0.15) is 0 Å². The van der Waals surface area contributed by atoms with Crippen LogP contribution in [0.25, 0.3) is 0 Å². The average molecular weight is 280 g/mol. The summed E-state index contributed by atoms with van der Waals surface area (Å²) in [4.78, 5) is 12.0. The second-order valence-corrected chi connectivity index (χ2v) is 4.30. The summed E-state index contributed by atoms with van der Waals surface area (Å²) < 4.78 is 13.5. The quantitative estimate of drug-likeness (QED) is 0.739. The van der Waals surface area contributed by atoms with Crippen LogP contribution in [0.3, 0.4) is 0 Å². The second-order valence-electron chi connectivity index (χ2n) is 3.90. The fourth-order valence-electron chi connectivity index (χ4n) is 1.59. The molecule has 0 atom stereocenters. The molecule has 2 aromatic carbocycles. The first-order valence-electron chi connectivity index (χ1n) is 5.39. The van der Waals surface area contributed by atoms with E-state index in [1.54, 1.807) is 0 Å². The smallest absolute Gasteiger partial charge is 0.257 e. The van der Waals surface area contributed by atoms with Crippen molar-refractivity contribution < 1.29 is 9.18 Å². The third kappa shape index (κ3) is 2.77. The van der Waals surface area contributed by atoms with Crippen molar-refractivity contribution in [2.24, 2.45) is 0 Å². The summed E-state index contributed by atoms with van der Waals surface area (Å²) in [6.45, 7) is 0. The van der Waals surface area contributed by atoms with E-state index in [4.69, 9.17) is 23.1 Å². The van der Waals surface area contributed by atoms with E-state index in [9.17, 15) is 9.18 Å². The molecule has 0 aliphatic rings. The topological polar surface area (TPSA) is 81.1 Å². The van der Waals surface area contributed by atoms with Crippen molar-refractivity contribution in [3.8, 4) is 0 Å². The highest BCUT2D eigenvalue weighted by Gasteiger charge is 2.14. The Kier molecular flexibility index (Phi) is 3.57. The van der Waals surface area contributed by atoms with Crippen LogP contribution in [-0.2, 0) is 0 Å². The Labute approximate surface area is 114 Å². The number of benzene rings is 2. The lowest BCUT2D eigenvalue weighted by Gasteiger charge is -2.10. The third-order valence-electron chi connectivity index (χ3n) is 2.52. The zero-order valence-electron chi connectivity index (χ0n) is 9.78. The lowest BCUT2D eigenvalue weighted by Crippen LogP contribution is -2.15. The number of anilines is 3. The maximum Gasteiger partial charge on any atom is 0.257 e. The molecule has 0 fully saturated rings. The second kappa shape index (κ2) is 5.16. The SMILES string of the molecule is Nc1ccc(C(=O)Nc2c(F)cccc2Cl)c(N)c1. The van der Waals surface area contributed by atoms with Crippen molar-refractivity contribution in [2.75, 3.05) is 16.8 Å². The van der Waals surface area contributed by atoms with Gasteiger partial charge in [-0.1, -0.05) is 17.7 Å². The minimum absolute atomic E-state index is 0.0783. The summed E-state index contributed by atoms with van der Waals surface area (Å²) in [7, 11) is 0. The molecule has 19 heavy (non-hydrogen) atoms. The molecule has 0 unspecified atom stereocenters. The van der Waals surface area contributed by atoms with E-state index in [1.807, 2.05) is 0 Å². The molecule has 0 saturated heterocycles. The van der Waals surface area contributed by atoms with Crippen LogP contribution < -0.4 is 16.8 Å². The van der Waals surface area contributed by atoms with Gasteiger partial charge in [0, 0.05) is 11.4 Å². The summed E-state index contributed by atoms with van der Waals surface area (Å²) in [5.41, 5.74) is 12.0. The summed E-state index contributed by atoms with van der Waals surface area (Å²) in [5, 5.41) is 2.50. The van der Waals surface area contributed by atoms with Gasteiger partial charge in [0.15, 0.2) is 0 Å². The summed E-state index contributed by atoms with van der Waals surface area (Å²) in [6.07, 6.45) is 0. The number of halogens is 2. The van der Waals surface area contributed by atoms with Gasteiger partial charge in [0.25, 0.3) is 5.91 Å². The highest BCUT2D eigenvalue weighted by molar-refractivity contribution is 6.34. The molecule has 0 saturated carbocycles. The highest BCUT2D eigenvalue weighted by Crippen LogP contribution is 2.26. The minimum Gasteiger partial charge on any atom is -0.399 e. The Hall–Kier alpha value is -2.27. The van der Waals surface area contributed by atoms with Gasteiger partial charge < -0.3 is 16.8 Å². The van der Waals surface area contributed by atoms with Gasteiger partial charge in [0.2, 0.25) is 0 Å². The molecule has 2 rings (SSSR count). The number of nitrogens with one attached hydrogen (secondary N) is 1. The van der Waals surface area contributed by atoms with E-state index in [0.717, 1.165) is 0 Å². The van der Waals surface area contributed by atoms with Gasteiger partial charge in [-0.25, -0.2) is 4.39 Å². The van der Waals surface area contributed by atoms with Crippen LogP contribution in [0.5, 0.6) is 0 Å². The Balaban J connectivity index is 2.31. The zero-order valence-corrected chi connectivity index (χ0v) is 10.5. The van der Waals surface area contributed by atoms with Crippen LogP contribution in [0.15, 0.2) is 36.4 Å². The Morgan fingerprint density at radius 1 is 1.21 bits per heavy atom. The van der Waals surface area contributed by atoms with Gasteiger partial charge in [-0.15, -0.1) is 0 Å². The van der Waals surface area contributed by atoms with Crippen LogP contribution in [0.1, 0.15) is 10.4 Å². The maximum atomic E-state index is 13.5. The lowest BCUT2D eigenvalue weighted by molar-refractivity contribution is 0.102. The Morgan fingerprint density at radius 2 is 1.95 bits per heavy atom. The Bertz CT molecular complexity index is 626. The fraction of sp³-hybridized carbons (Fsp3) is 0. The number of carbonyl (C=O) groups is 1. The van der Waals surface area contributed by atoms with E-state index in [2.05, 4.69) is 5.32 Å². The van der Waals surface area contributed by atoms with Gasteiger partial charge in [-0.05, 0) is 30.3 Å². The largest absolute Gasteiger partial charge is 0.399 e. The maximum absolute atomic E-state index is 13.5. The molecule has 5 N–H and O–H groups in total. The van der Waals surface area contributed by atoms with E-state index in [0.29, 0.717) is 5.69 Å². The van der Waals surface area contributed by atoms with Crippen molar-refractivity contribution in [1.29, 1.82) is 0 Å². The van der Waals surface area contributed by atoms with Crippen molar-refractivity contribution in [3.05, 3.63) is 52.8 Å². The molecule has 0 aromatic heterocycles. The predicted octanol–water partition coefficient (Wildman–Crippen LogP) is 2.90. The van der Waals surface area contributed by atoms with E-state index in [-0.39, 0.29) is 22.0 Å². The number of hydrogen-bond donors (Lipinski definition) is 3. The number of nitrogens with two attached hydrogens (primary N) is 2. The van der Waals surface area contributed by atoms with Crippen LogP contribution in [0, 0.1) is 5.82 Å². The molecule has 6 heteroatoms. The molecule has 0 radical (unpaired) electrons. The molecule has 0 heterocycles. The lowest BCUT2D eigenvalue weighted by atomic mass is 10.1. The van der Waals surface area contributed by atoms with Crippen LogP contribution in [0.2, 0.25) is 5.02 Å². The monoisotopic (exact) mass is 279 g/mol. The number of para-hydroxylation sites is 1. The molecular formula is C13H11ClFN3O. The van der Waals surface area contributed by atoms with Crippen molar-refractivity contribution in [2.45, 2.75) is 0 Å². The predicted molar refractivity (Wildman–Crippen MR) is 74.6 cm³/mol. The summed E-state index contributed by atoms with van der Waals surface area (Å²) >= 11 is 5.82.